The second-order valence-electron chi connectivity index (χ2n) is 3.06. The van der Waals surface area contributed by atoms with Gasteiger partial charge < -0.3 is 0 Å². The summed E-state index contributed by atoms with van der Waals surface area (Å²) in [5, 5.41) is 0. The summed E-state index contributed by atoms with van der Waals surface area (Å²) >= 11 is 8.66. The normalized spacial score (nSPS) is 10.6. The standard InChI is InChI=1S/C10H7BrClFN2/c11-10-14-8(9(13)15(10)12)6-7-4-2-1-3-5-7/h1-5H,6H2. The van der Waals surface area contributed by atoms with Gasteiger partial charge in [-0.05, 0) is 21.5 Å². The van der Waals surface area contributed by atoms with E-state index in [0.29, 0.717) is 12.1 Å². The molecule has 78 valence electrons. The van der Waals surface area contributed by atoms with Gasteiger partial charge >= 0.3 is 0 Å². The summed E-state index contributed by atoms with van der Waals surface area (Å²) in [5.41, 5.74) is 1.33. The molecule has 2 nitrogen and oxygen atoms in total. The molecule has 1 aromatic heterocycles. The third-order valence-corrected chi connectivity index (χ3v) is 3.06. The van der Waals surface area contributed by atoms with Gasteiger partial charge in [0.05, 0.1) is 0 Å². The van der Waals surface area contributed by atoms with Gasteiger partial charge in [0.25, 0.3) is 0 Å². The van der Waals surface area contributed by atoms with Crippen molar-refractivity contribution in [2.24, 2.45) is 0 Å². The highest BCUT2D eigenvalue weighted by atomic mass is 79.9. The molecular weight excluding hydrogens is 282 g/mol. The lowest BCUT2D eigenvalue weighted by atomic mass is 10.1. The fourth-order valence-electron chi connectivity index (χ4n) is 1.30. The number of rotatable bonds is 2. The van der Waals surface area contributed by atoms with Crippen molar-refractivity contribution >= 4 is 27.7 Å². The molecule has 0 saturated carbocycles. The van der Waals surface area contributed by atoms with Gasteiger partial charge in [-0.1, -0.05) is 30.3 Å². The topological polar surface area (TPSA) is 17.8 Å². The maximum absolute atomic E-state index is 13.4. The van der Waals surface area contributed by atoms with Crippen LogP contribution in [0.2, 0.25) is 0 Å². The van der Waals surface area contributed by atoms with Crippen molar-refractivity contribution in [1.29, 1.82) is 0 Å². The Morgan fingerprint density at radius 2 is 2.00 bits per heavy atom. The van der Waals surface area contributed by atoms with E-state index in [-0.39, 0.29) is 4.73 Å². The van der Waals surface area contributed by atoms with Gasteiger partial charge in [-0.25, -0.2) is 9.07 Å². The van der Waals surface area contributed by atoms with Crippen LogP contribution in [0.1, 0.15) is 11.3 Å². The molecule has 0 aliphatic heterocycles. The van der Waals surface area contributed by atoms with Crippen molar-refractivity contribution in [2.75, 3.05) is 0 Å². The zero-order chi connectivity index (χ0) is 10.8. The molecule has 0 fully saturated rings. The molecule has 2 aromatic rings. The molecule has 0 aliphatic rings. The largest absolute Gasteiger partial charge is 0.232 e. The number of benzene rings is 1. The highest BCUT2D eigenvalue weighted by molar-refractivity contribution is 9.10. The highest BCUT2D eigenvalue weighted by Gasteiger charge is 2.14. The molecule has 1 aromatic carbocycles. The van der Waals surface area contributed by atoms with E-state index >= 15 is 0 Å². The summed E-state index contributed by atoms with van der Waals surface area (Å²) in [6.45, 7) is 0. The minimum atomic E-state index is -0.521. The predicted molar refractivity (Wildman–Crippen MR) is 60.4 cm³/mol. The van der Waals surface area contributed by atoms with Crippen LogP contribution in [0.25, 0.3) is 0 Å². The summed E-state index contributed by atoms with van der Waals surface area (Å²) in [7, 11) is 0. The zero-order valence-electron chi connectivity index (χ0n) is 7.62. The van der Waals surface area contributed by atoms with E-state index in [4.69, 9.17) is 11.8 Å². The molecule has 15 heavy (non-hydrogen) atoms. The van der Waals surface area contributed by atoms with Gasteiger partial charge in [0.1, 0.15) is 5.69 Å². The van der Waals surface area contributed by atoms with Crippen LogP contribution in [0.3, 0.4) is 0 Å². The molecule has 2 rings (SSSR count). The molecule has 5 heteroatoms. The Labute approximate surface area is 99.9 Å². The lowest BCUT2D eigenvalue weighted by Crippen LogP contribution is -1.92. The summed E-state index contributed by atoms with van der Waals surface area (Å²) < 4.78 is 14.6. The minimum absolute atomic E-state index is 0.285. The van der Waals surface area contributed by atoms with Crippen molar-refractivity contribution in [1.82, 2.24) is 9.07 Å². The van der Waals surface area contributed by atoms with E-state index in [9.17, 15) is 4.39 Å². The molecule has 0 bridgehead atoms. The van der Waals surface area contributed by atoms with Crippen molar-refractivity contribution in [3.63, 3.8) is 0 Å². The Morgan fingerprint density at radius 3 is 2.53 bits per heavy atom. The predicted octanol–water partition coefficient (Wildman–Crippen LogP) is 3.38. The molecule has 0 unspecified atom stereocenters. The number of halogens is 3. The number of hydrogen-bond donors (Lipinski definition) is 0. The Morgan fingerprint density at radius 1 is 1.33 bits per heavy atom. The Hall–Kier alpha value is -0.870. The van der Waals surface area contributed by atoms with Crippen LogP contribution in [0.15, 0.2) is 35.1 Å². The first-order chi connectivity index (χ1) is 7.18. The smallest absolute Gasteiger partial charge is 0.222 e. The Bertz CT molecular complexity index is 470. The molecule has 0 amide bonds. The molecule has 0 radical (unpaired) electrons. The average molecular weight is 290 g/mol. The lowest BCUT2D eigenvalue weighted by Gasteiger charge is -1.97. The third kappa shape index (κ3) is 2.21. The van der Waals surface area contributed by atoms with Crippen molar-refractivity contribution in [2.45, 2.75) is 6.42 Å². The van der Waals surface area contributed by atoms with Crippen LogP contribution in [-0.4, -0.2) is 9.07 Å². The van der Waals surface area contributed by atoms with Gasteiger partial charge in [-0.15, -0.1) is 0 Å². The Balaban J connectivity index is 2.29. The first-order valence-corrected chi connectivity index (χ1v) is 5.44. The quantitative estimate of drug-likeness (QED) is 0.829. The maximum Gasteiger partial charge on any atom is 0.232 e. The van der Waals surface area contributed by atoms with Crippen molar-refractivity contribution in [3.05, 3.63) is 52.3 Å². The van der Waals surface area contributed by atoms with Gasteiger partial charge in [0.15, 0.2) is 4.73 Å². The second-order valence-corrected chi connectivity index (χ2v) is 4.11. The van der Waals surface area contributed by atoms with Crippen LogP contribution >= 0.6 is 27.7 Å². The van der Waals surface area contributed by atoms with Gasteiger partial charge in [-0.3, -0.25) is 0 Å². The highest BCUT2D eigenvalue weighted by Crippen LogP contribution is 2.19. The van der Waals surface area contributed by atoms with E-state index in [1.165, 1.54) is 0 Å². The van der Waals surface area contributed by atoms with Crippen LogP contribution < -0.4 is 0 Å². The monoisotopic (exact) mass is 288 g/mol. The van der Waals surface area contributed by atoms with E-state index in [1.807, 2.05) is 30.3 Å². The number of imidazole rings is 1. The molecule has 0 atom stereocenters. The minimum Gasteiger partial charge on any atom is -0.222 e. The molecule has 0 saturated heterocycles. The lowest BCUT2D eigenvalue weighted by molar-refractivity contribution is 0.562. The van der Waals surface area contributed by atoms with Gasteiger partial charge in [0.2, 0.25) is 5.95 Å². The van der Waals surface area contributed by atoms with Gasteiger partial charge in [0, 0.05) is 18.2 Å². The summed E-state index contributed by atoms with van der Waals surface area (Å²) in [4.78, 5) is 3.98. The number of aromatic nitrogens is 2. The van der Waals surface area contributed by atoms with Gasteiger partial charge in [-0.2, -0.15) is 4.39 Å². The Kier molecular flexibility index (Phi) is 3.07. The van der Waals surface area contributed by atoms with E-state index in [0.717, 1.165) is 9.65 Å². The average Bonchev–Trinajstić information content (AvgIpc) is 2.48. The fraction of sp³-hybridized carbons (Fsp3) is 0.100. The molecular formula is C10H7BrClFN2. The van der Waals surface area contributed by atoms with E-state index < -0.39 is 5.95 Å². The number of hydrogen-bond acceptors (Lipinski definition) is 1. The van der Waals surface area contributed by atoms with Crippen molar-refractivity contribution in [3.8, 4) is 0 Å². The second kappa shape index (κ2) is 4.33. The molecule has 0 aliphatic carbocycles. The third-order valence-electron chi connectivity index (χ3n) is 2.01. The van der Waals surface area contributed by atoms with Crippen LogP contribution in [-0.2, 0) is 6.42 Å². The van der Waals surface area contributed by atoms with E-state index in [1.54, 1.807) is 0 Å². The van der Waals surface area contributed by atoms with Crippen LogP contribution in [0.5, 0.6) is 0 Å². The summed E-state index contributed by atoms with van der Waals surface area (Å²) in [5.74, 6) is -0.521. The fourth-order valence-corrected chi connectivity index (χ4v) is 1.80. The molecule has 0 spiro atoms. The molecule has 0 N–H and O–H groups in total. The van der Waals surface area contributed by atoms with E-state index in [2.05, 4.69) is 20.9 Å². The van der Waals surface area contributed by atoms with Crippen molar-refractivity contribution < 1.29 is 4.39 Å². The molecule has 1 heterocycles. The first kappa shape index (κ1) is 10.6. The first-order valence-electron chi connectivity index (χ1n) is 4.31. The summed E-state index contributed by atoms with van der Waals surface area (Å²) in [6.07, 6.45) is 0.436. The maximum atomic E-state index is 13.4. The van der Waals surface area contributed by atoms with Crippen LogP contribution in [0.4, 0.5) is 4.39 Å². The van der Waals surface area contributed by atoms with Crippen LogP contribution in [0, 0.1) is 5.95 Å². The zero-order valence-corrected chi connectivity index (χ0v) is 9.96. The summed E-state index contributed by atoms with van der Waals surface area (Å²) in [6, 6.07) is 9.55. The SMILES string of the molecule is Fc1c(Cc2ccccc2)nc(Br)n1Cl. The number of nitrogens with zero attached hydrogens (tertiary/aromatic N) is 2.